The number of nitro groups is 1. The molecule has 0 aliphatic carbocycles. The molecule has 0 saturated carbocycles. The van der Waals surface area contributed by atoms with Crippen LogP contribution in [0.3, 0.4) is 0 Å². The van der Waals surface area contributed by atoms with Crippen molar-refractivity contribution in [1.82, 2.24) is 5.32 Å². The molecule has 1 aliphatic rings. The Labute approximate surface area is 150 Å². The summed E-state index contributed by atoms with van der Waals surface area (Å²) in [5.74, 6) is -0.212. The quantitative estimate of drug-likeness (QED) is 0.474. The highest BCUT2D eigenvalue weighted by Gasteiger charge is 2.33. The Morgan fingerprint density at radius 2 is 2.28 bits per heavy atom. The van der Waals surface area contributed by atoms with Crippen LogP contribution in [0.4, 0.5) is 5.69 Å². The predicted molar refractivity (Wildman–Crippen MR) is 97.6 cm³/mol. The van der Waals surface area contributed by atoms with Crippen LogP contribution < -0.4 is 5.32 Å². The molecule has 1 heterocycles. The summed E-state index contributed by atoms with van der Waals surface area (Å²) in [6.45, 7) is 6.87. The first-order chi connectivity index (χ1) is 11.9. The number of nitrogens with one attached hydrogen (secondary N) is 1. The van der Waals surface area contributed by atoms with Gasteiger partial charge >= 0.3 is 0 Å². The van der Waals surface area contributed by atoms with Gasteiger partial charge in [0.25, 0.3) is 5.69 Å². The van der Waals surface area contributed by atoms with Crippen LogP contribution in [-0.4, -0.2) is 16.5 Å². The summed E-state index contributed by atoms with van der Waals surface area (Å²) in [6, 6.07) is 8.24. The van der Waals surface area contributed by atoms with E-state index in [0.29, 0.717) is 33.2 Å². The second-order valence-electron chi connectivity index (χ2n) is 5.46. The Morgan fingerprint density at radius 3 is 2.84 bits per heavy atom. The van der Waals surface area contributed by atoms with Crippen LogP contribution in [0.2, 0.25) is 0 Å². The molecule has 2 rings (SSSR count). The molecule has 128 valence electrons. The maximum absolute atomic E-state index is 12.2. The SMILES string of the molecule is C=CCSC1=C(C#N)[C@H](c2cccc([N+](=O)[O-])c2)C(C(C)=O)=C(C)N1. The number of hydrogen-bond acceptors (Lipinski definition) is 6. The van der Waals surface area contributed by atoms with Crippen LogP contribution in [0.15, 0.2) is 58.8 Å². The van der Waals surface area contributed by atoms with Gasteiger partial charge in [-0.25, -0.2) is 0 Å². The number of thioether (sulfide) groups is 1. The van der Waals surface area contributed by atoms with E-state index in [1.807, 2.05) is 0 Å². The maximum atomic E-state index is 12.2. The third-order valence-electron chi connectivity index (χ3n) is 3.79. The molecule has 0 fully saturated rings. The fourth-order valence-electron chi connectivity index (χ4n) is 2.79. The van der Waals surface area contributed by atoms with Gasteiger partial charge in [0.2, 0.25) is 0 Å². The lowest BCUT2D eigenvalue weighted by atomic mass is 9.81. The first-order valence-electron chi connectivity index (χ1n) is 7.51. The summed E-state index contributed by atoms with van der Waals surface area (Å²) in [7, 11) is 0. The number of ketones is 1. The highest BCUT2D eigenvalue weighted by atomic mass is 32.2. The van der Waals surface area contributed by atoms with Gasteiger partial charge in [-0.05, 0) is 19.4 Å². The highest BCUT2D eigenvalue weighted by molar-refractivity contribution is 8.03. The number of benzene rings is 1. The van der Waals surface area contributed by atoms with E-state index in [1.165, 1.54) is 30.8 Å². The van der Waals surface area contributed by atoms with Crippen LogP contribution >= 0.6 is 11.8 Å². The number of rotatable bonds is 6. The zero-order chi connectivity index (χ0) is 18.6. The Morgan fingerprint density at radius 1 is 1.56 bits per heavy atom. The second kappa shape index (κ2) is 7.81. The fourth-order valence-corrected chi connectivity index (χ4v) is 3.62. The molecular formula is C18H17N3O3S. The molecule has 1 aromatic carbocycles. The van der Waals surface area contributed by atoms with Gasteiger partial charge < -0.3 is 5.32 Å². The van der Waals surface area contributed by atoms with Gasteiger partial charge in [-0.15, -0.1) is 18.3 Å². The summed E-state index contributed by atoms with van der Waals surface area (Å²) in [5, 5.41) is 24.6. The third kappa shape index (κ3) is 3.80. The molecule has 1 aromatic rings. The van der Waals surface area contributed by atoms with Crippen LogP contribution in [0.25, 0.3) is 0 Å². The van der Waals surface area contributed by atoms with Crippen LogP contribution in [-0.2, 0) is 4.79 Å². The molecule has 1 atom stereocenters. The minimum Gasteiger partial charge on any atom is -0.353 e. The van der Waals surface area contributed by atoms with Gasteiger partial charge in [0.05, 0.1) is 27.5 Å². The van der Waals surface area contributed by atoms with Crippen molar-refractivity contribution in [2.45, 2.75) is 19.8 Å². The van der Waals surface area contributed by atoms with E-state index in [0.717, 1.165) is 0 Å². The Kier molecular flexibility index (Phi) is 5.78. The summed E-state index contributed by atoms with van der Waals surface area (Å²) < 4.78 is 0. The lowest BCUT2D eigenvalue weighted by Crippen LogP contribution is -2.27. The molecule has 1 aliphatic heterocycles. The zero-order valence-corrected chi connectivity index (χ0v) is 14.7. The van der Waals surface area contributed by atoms with Gasteiger partial charge in [0.1, 0.15) is 0 Å². The minimum atomic E-state index is -0.629. The minimum absolute atomic E-state index is 0.0748. The number of nitrogens with zero attached hydrogens (tertiary/aromatic N) is 2. The number of carbonyl (C=O) groups excluding carboxylic acids is 1. The van der Waals surface area contributed by atoms with Gasteiger partial charge in [0, 0.05) is 29.2 Å². The van der Waals surface area contributed by atoms with E-state index >= 15 is 0 Å². The number of allylic oxidation sites excluding steroid dienone is 3. The van der Waals surface area contributed by atoms with Gasteiger partial charge in [-0.1, -0.05) is 18.2 Å². The van der Waals surface area contributed by atoms with Crippen molar-refractivity contribution >= 4 is 23.2 Å². The average molecular weight is 355 g/mol. The smallest absolute Gasteiger partial charge is 0.269 e. The van der Waals surface area contributed by atoms with Crippen molar-refractivity contribution in [3.63, 3.8) is 0 Å². The number of nitriles is 1. The Balaban J connectivity index is 2.66. The van der Waals surface area contributed by atoms with Crippen molar-refractivity contribution in [3.05, 3.63) is 74.5 Å². The lowest BCUT2D eigenvalue weighted by molar-refractivity contribution is -0.384. The molecule has 0 aromatic heterocycles. The molecule has 0 amide bonds. The molecule has 6 nitrogen and oxygen atoms in total. The van der Waals surface area contributed by atoms with Gasteiger partial charge in [0.15, 0.2) is 5.78 Å². The summed E-state index contributed by atoms with van der Waals surface area (Å²) in [4.78, 5) is 22.8. The lowest BCUT2D eigenvalue weighted by Gasteiger charge is -2.29. The van der Waals surface area contributed by atoms with Crippen molar-refractivity contribution in [2.24, 2.45) is 0 Å². The van der Waals surface area contributed by atoms with Crippen LogP contribution in [0.5, 0.6) is 0 Å². The first kappa shape index (κ1) is 18.5. The summed E-state index contributed by atoms with van der Waals surface area (Å²) in [5.41, 5.74) is 1.94. The van der Waals surface area contributed by atoms with Crippen molar-refractivity contribution < 1.29 is 9.72 Å². The van der Waals surface area contributed by atoms with Gasteiger partial charge in [-0.3, -0.25) is 14.9 Å². The average Bonchev–Trinajstić information content (AvgIpc) is 2.58. The van der Waals surface area contributed by atoms with E-state index < -0.39 is 10.8 Å². The standard InChI is InChI=1S/C18H17N3O3S/c1-4-8-25-18-15(10-19)17(16(12(3)22)11(2)20-18)13-6-5-7-14(9-13)21(23)24/h4-7,9,17,20H,1,8H2,2-3H3/t17-/m0/s1. The molecule has 0 unspecified atom stereocenters. The molecule has 1 N–H and O–H groups in total. The van der Waals surface area contributed by atoms with Gasteiger partial charge in [-0.2, -0.15) is 5.26 Å². The van der Waals surface area contributed by atoms with E-state index in [-0.39, 0.29) is 11.5 Å². The zero-order valence-electron chi connectivity index (χ0n) is 13.9. The van der Waals surface area contributed by atoms with Crippen molar-refractivity contribution in [3.8, 4) is 6.07 Å². The molecular weight excluding hydrogens is 338 g/mol. The monoisotopic (exact) mass is 355 g/mol. The first-order valence-corrected chi connectivity index (χ1v) is 8.50. The van der Waals surface area contributed by atoms with E-state index in [2.05, 4.69) is 18.0 Å². The Bertz CT molecular complexity index is 849. The highest BCUT2D eigenvalue weighted by Crippen LogP contribution is 2.41. The van der Waals surface area contributed by atoms with Crippen molar-refractivity contribution in [1.29, 1.82) is 5.26 Å². The molecule has 25 heavy (non-hydrogen) atoms. The molecule has 7 heteroatoms. The molecule has 0 bridgehead atoms. The van der Waals surface area contributed by atoms with E-state index in [1.54, 1.807) is 25.1 Å². The van der Waals surface area contributed by atoms with Crippen molar-refractivity contribution in [2.75, 3.05) is 5.75 Å². The van der Waals surface area contributed by atoms with E-state index in [9.17, 15) is 20.2 Å². The Hall–Kier alpha value is -2.85. The normalized spacial score (nSPS) is 16.9. The summed E-state index contributed by atoms with van der Waals surface area (Å²) >= 11 is 1.41. The van der Waals surface area contributed by atoms with Crippen LogP contribution in [0.1, 0.15) is 25.3 Å². The number of Topliss-reactive ketones (excluding diaryl/α,β-unsaturated/α-hetero) is 1. The maximum Gasteiger partial charge on any atom is 0.269 e. The number of nitro benzene ring substituents is 1. The largest absolute Gasteiger partial charge is 0.353 e. The second-order valence-corrected chi connectivity index (χ2v) is 6.49. The predicted octanol–water partition coefficient (Wildman–Crippen LogP) is 3.80. The topological polar surface area (TPSA) is 96.0 Å². The third-order valence-corrected chi connectivity index (χ3v) is 4.80. The fraction of sp³-hybridized carbons (Fsp3) is 0.222. The molecule has 0 saturated heterocycles. The number of non-ortho nitro benzene ring substituents is 1. The molecule has 0 spiro atoms. The number of dihydropyridines is 1. The van der Waals surface area contributed by atoms with Crippen LogP contribution in [0, 0.1) is 21.4 Å². The summed E-state index contributed by atoms with van der Waals surface area (Å²) in [6.07, 6.45) is 1.72. The number of carbonyl (C=O) groups is 1. The number of hydrogen-bond donors (Lipinski definition) is 1. The molecule has 0 radical (unpaired) electrons. The van der Waals surface area contributed by atoms with E-state index in [4.69, 9.17) is 0 Å².